The van der Waals surface area contributed by atoms with Crippen molar-refractivity contribution in [3.63, 3.8) is 0 Å². The summed E-state index contributed by atoms with van der Waals surface area (Å²) in [6.45, 7) is 2.69. The van der Waals surface area contributed by atoms with Crippen molar-refractivity contribution in [2.24, 2.45) is 0 Å². The third-order valence-corrected chi connectivity index (χ3v) is 3.62. The zero-order valence-corrected chi connectivity index (χ0v) is 11.6. The lowest BCUT2D eigenvalue weighted by Gasteiger charge is -2.33. The fourth-order valence-electron chi connectivity index (χ4n) is 2.47. The Morgan fingerprint density at radius 1 is 1.55 bits per heavy atom. The molecule has 0 radical (unpaired) electrons. The van der Waals surface area contributed by atoms with E-state index in [1.54, 1.807) is 11.9 Å². The first-order chi connectivity index (χ1) is 9.54. The lowest BCUT2D eigenvalue weighted by atomic mass is 10.0. The SMILES string of the molecule is CNc1ncc([N+](=O)[O-])cc1C(=O)N1CCCCC1C. The second kappa shape index (κ2) is 5.85. The Morgan fingerprint density at radius 3 is 2.90 bits per heavy atom. The summed E-state index contributed by atoms with van der Waals surface area (Å²) in [6, 6.07) is 1.45. The molecular weight excluding hydrogens is 260 g/mol. The number of carbonyl (C=O) groups excluding carboxylic acids is 1. The maximum atomic E-state index is 12.6. The van der Waals surface area contributed by atoms with Crippen LogP contribution in [0.5, 0.6) is 0 Å². The molecule has 2 heterocycles. The molecule has 1 aliphatic heterocycles. The molecule has 0 spiro atoms. The third kappa shape index (κ3) is 2.71. The van der Waals surface area contributed by atoms with Gasteiger partial charge in [0.1, 0.15) is 12.0 Å². The van der Waals surface area contributed by atoms with Crippen LogP contribution in [0.3, 0.4) is 0 Å². The first-order valence-electron chi connectivity index (χ1n) is 6.67. The fourth-order valence-corrected chi connectivity index (χ4v) is 2.47. The smallest absolute Gasteiger partial charge is 0.288 e. The van der Waals surface area contributed by atoms with Crippen molar-refractivity contribution in [2.45, 2.75) is 32.2 Å². The standard InChI is InChI=1S/C13H18N4O3/c1-9-5-3-4-6-16(9)13(18)11-7-10(17(19)20)8-15-12(11)14-2/h7-9H,3-6H2,1-2H3,(H,14,15). The number of hydrogen-bond donors (Lipinski definition) is 1. The van der Waals surface area contributed by atoms with Gasteiger partial charge in [-0.25, -0.2) is 4.98 Å². The van der Waals surface area contributed by atoms with E-state index in [9.17, 15) is 14.9 Å². The van der Waals surface area contributed by atoms with Gasteiger partial charge in [0, 0.05) is 25.7 Å². The second-order valence-electron chi connectivity index (χ2n) is 4.94. The number of aromatic nitrogens is 1. The van der Waals surface area contributed by atoms with E-state index in [1.807, 2.05) is 6.92 Å². The lowest BCUT2D eigenvalue weighted by Crippen LogP contribution is -2.42. The summed E-state index contributed by atoms with van der Waals surface area (Å²) in [6.07, 6.45) is 4.19. The van der Waals surface area contributed by atoms with E-state index in [2.05, 4.69) is 10.3 Å². The summed E-state index contributed by atoms with van der Waals surface area (Å²) in [5, 5.41) is 13.7. The van der Waals surface area contributed by atoms with E-state index < -0.39 is 4.92 Å². The molecule has 1 N–H and O–H groups in total. The lowest BCUT2D eigenvalue weighted by molar-refractivity contribution is -0.385. The topological polar surface area (TPSA) is 88.4 Å². The normalized spacial score (nSPS) is 18.7. The van der Waals surface area contributed by atoms with Gasteiger partial charge in [-0.15, -0.1) is 0 Å². The van der Waals surface area contributed by atoms with Gasteiger partial charge < -0.3 is 10.2 Å². The molecule has 1 unspecified atom stereocenters. The van der Waals surface area contributed by atoms with Crippen molar-refractivity contribution in [1.82, 2.24) is 9.88 Å². The molecule has 0 saturated carbocycles. The van der Waals surface area contributed by atoms with E-state index in [4.69, 9.17) is 0 Å². The molecular formula is C13H18N4O3. The number of nitro groups is 1. The molecule has 0 aromatic carbocycles. The Labute approximate surface area is 117 Å². The summed E-state index contributed by atoms with van der Waals surface area (Å²) >= 11 is 0. The number of carbonyl (C=O) groups is 1. The highest BCUT2D eigenvalue weighted by atomic mass is 16.6. The van der Waals surface area contributed by atoms with Gasteiger partial charge in [0.15, 0.2) is 0 Å². The molecule has 7 heteroatoms. The van der Waals surface area contributed by atoms with Crippen LogP contribution < -0.4 is 5.32 Å². The van der Waals surface area contributed by atoms with E-state index >= 15 is 0 Å². The third-order valence-electron chi connectivity index (χ3n) is 3.62. The van der Waals surface area contributed by atoms with Crippen molar-refractivity contribution < 1.29 is 9.72 Å². The quantitative estimate of drug-likeness (QED) is 0.675. The van der Waals surface area contributed by atoms with Gasteiger partial charge in [-0.1, -0.05) is 0 Å². The minimum absolute atomic E-state index is 0.153. The van der Waals surface area contributed by atoms with Gasteiger partial charge in [-0.2, -0.15) is 0 Å². The average molecular weight is 278 g/mol. The molecule has 0 aliphatic carbocycles. The second-order valence-corrected chi connectivity index (χ2v) is 4.94. The molecule has 0 bridgehead atoms. The molecule has 1 saturated heterocycles. The summed E-state index contributed by atoms with van der Waals surface area (Å²) < 4.78 is 0. The Kier molecular flexibility index (Phi) is 4.16. The van der Waals surface area contributed by atoms with E-state index in [-0.39, 0.29) is 23.2 Å². The molecule has 2 rings (SSSR count). The van der Waals surface area contributed by atoms with Crippen LogP contribution >= 0.6 is 0 Å². The van der Waals surface area contributed by atoms with Gasteiger partial charge in [-0.05, 0) is 26.2 Å². The zero-order chi connectivity index (χ0) is 14.7. The van der Waals surface area contributed by atoms with Crippen molar-refractivity contribution >= 4 is 17.4 Å². The highest BCUT2D eigenvalue weighted by Gasteiger charge is 2.27. The predicted octanol–water partition coefficient (Wildman–Crippen LogP) is 2.05. The van der Waals surface area contributed by atoms with E-state index in [0.29, 0.717) is 12.4 Å². The number of pyridine rings is 1. The summed E-state index contributed by atoms with van der Waals surface area (Å²) in [4.78, 5) is 28.6. The van der Waals surface area contributed by atoms with Crippen LogP contribution in [0.2, 0.25) is 0 Å². The first-order valence-corrected chi connectivity index (χ1v) is 6.67. The molecule has 7 nitrogen and oxygen atoms in total. The number of nitrogens with zero attached hydrogens (tertiary/aromatic N) is 3. The first kappa shape index (κ1) is 14.2. The maximum Gasteiger partial charge on any atom is 0.288 e. The highest BCUT2D eigenvalue weighted by molar-refractivity contribution is 5.99. The van der Waals surface area contributed by atoms with Crippen molar-refractivity contribution in [2.75, 3.05) is 18.9 Å². The van der Waals surface area contributed by atoms with E-state index in [1.165, 1.54) is 6.07 Å². The van der Waals surface area contributed by atoms with Crippen LogP contribution in [0, 0.1) is 10.1 Å². The number of likely N-dealkylation sites (tertiary alicyclic amines) is 1. The number of amides is 1. The molecule has 1 fully saturated rings. The fraction of sp³-hybridized carbons (Fsp3) is 0.538. The van der Waals surface area contributed by atoms with Crippen molar-refractivity contribution in [1.29, 1.82) is 0 Å². The van der Waals surface area contributed by atoms with Crippen LogP contribution in [0.15, 0.2) is 12.3 Å². The summed E-state index contributed by atoms with van der Waals surface area (Å²) in [5.74, 6) is 0.177. The van der Waals surface area contributed by atoms with Crippen LogP contribution in [0.1, 0.15) is 36.5 Å². The summed E-state index contributed by atoms with van der Waals surface area (Å²) in [5.41, 5.74) is 0.0902. The Bertz CT molecular complexity index is 532. The molecule has 1 aliphatic rings. The highest BCUT2D eigenvalue weighted by Crippen LogP contribution is 2.24. The van der Waals surface area contributed by atoms with Gasteiger partial charge in [0.25, 0.3) is 11.6 Å². The van der Waals surface area contributed by atoms with Gasteiger partial charge in [0.05, 0.1) is 10.5 Å². The number of piperidine rings is 1. The van der Waals surface area contributed by atoms with Crippen molar-refractivity contribution in [3.05, 3.63) is 27.9 Å². The van der Waals surface area contributed by atoms with Crippen LogP contribution in [-0.4, -0.2) is 40.3 Å². The Hall–Kier alpha value is -2.18. The van der Waals surface area contributed by atoms with Crippen LogP contribution in [0.25, 0.3) is 0 Å². The molecule has 1 amide bonds. The molecule has 108 valence electrons. The minimum Gasteiger partial charge on any atom is -0.372 e. The van der Waals surface area contributed by atoms with Gasteiger partial charge >= 0.3 is 0 Å². The number of hydrogen-bond acceptors (Lipinski definition) is 5. The van der Waals surface area contributed by atoms with Crippen LogP contribution in [-0.2, 0) is 0 Å². The molecule has 1 aromatic heterocycles. The monoisotopic (exact) mass is 278 g/mol. The number of rotatable bonds is 3. The average Bonchev–Trinajstić information content (AvgIpc) is 2.46. The molecule has 1 aromatic rings. The Balaban J connectivity index is 2.36. The summed E-state index contributed by atoms with van der Waals surface area (Å²) in [7, 11) is 1.64. The van der Waals surface area contributed by atoms with E-state index in [0.717, 1.165) is 25.5 Å². The minimum atomic E-state index is -0.539. The predicted molar refractivity (Wildman–Crippen MR) is 74.8 cm³/mol. The van der Waals surface area contributed by atoms with Gasteiger partial charge in [0.2, 0.25) is 0 Å². The van der Waals surface area contributed by atoms with Crippen LogP contribution in [0.4, 0.5) is 11.5 Å². The number of nitrogens with one attached hydrogen (secondary N) is 1. The Morgan fingerprint density at radius 2 is 2.30 bits per heavy atom. The largest absolute Gasteiger partial charge is 0.372 e. The van der Waals surface area contributed by atoms with Crippen molar-refractivity contribution in [3.8, 4) is 0 Å². The molecule has 1 atom stereocenters. The number of anilines is 1. The molecule has 20 heavy (non-hydrogen) atoms. The zero-order valence-electron chi connectivity index (χ0n) is 11.6. The maximum absolute atomic E-state index is 12.6. The van der Waals surface area contributed by atoms with Gasteiger partial charge in [-0.3, -0.25) is 14.9 Å².